The summed E-state index contributed by atoms with van der Waals surface area (Å²) < 4.78 is 0.873. The van der Waals surface area contributed by atoms with Gasteiger partial charge < -0.3 is 10.4 Å². The second kappa shape index (κ2) is 6.24. The molecule has 0 saturated heterocycles. The zero-order valence-corrected chi connectivity index (χ0v) is 13.6. The molecule has 2 aliphatic rings. The van der Waals surface area contributed by atoms with Gasteiger partial charge in [0.05, 0.1) is 12.5 Å². The van der Waals surface area contributed by atoms with Crippen molar-refractivity contribution in [3.05, 3.63) is 46.5 Å². The van der Waals surface area contributed by atoms with Crippen LogP contribution in [0.25, 0.3) is 0 Å². The molecular weight excluding hydrogens is 346 g/mol. The van der Waals surface area contributed by atoms with Crippen molar-refractivity contribution in [3.8, 4) is 0 Å². The van der Waals surface area contributed by atoms with Crippen LogP contribution < -0.4 is 5.32 Å². The fourth-order valence-corrected chi connectivity index (χ4v) is 3.93. The van der Waals surface area contributed by atoms with Gasteiger partial charge in [-0.2, -0.15) is 0 Å². The van der Waals surface area contributed by atoms with Crippen molar-refractivity contribution in [2.24, 2.45) is 17.8 Å². The van der Waals surface area contributed by atoms with E-state index >= 15 is 0 Å². The van der Waals surface area contributed by atoms with Crippen LogP contribution in [0.4, 0.5) is 0 Å². The number of carboxylic acids is 1. The smallest absolute Gasteiger partial charge is 0.305 e. The Balaban J connectivity index is 1.74. The van der Waals surface area contributed by atoms with E-state index in [0.717, 1.165) is 22.9 Å². The number of rotatable bonds is 5. The van der Waals surface area contributed by atoms with E-state index in [9.17, 15) is 9.59 Å². The molecule has 2 bridgehead atoms. The maximum Gasteiger partial charge on any atom is 0.305 e. The minimum atomic E-state index is -0.918. The Morgan fingerprint density at radius 1 is 1.32 bits per heavy atom. The number of halogens is 1. The van der Waals surface area contributed by atoms with Gasteiger partial charge in [-0.25, -0.2) is 0 Å². The molecule has 0 radical (unpaired) electrons. The third-order valence-electron chi connectivity index (χ3n) is 4.56. The molecule has 2 N–H and O–H groups in total. The Morgan fingerprint density at radius 3 is 2.73 bits per heavy atom. The summed E-state index contributed by atoms with van der Waals surface area (Å²) in [5.41, 5.74) is 0.809. The first kappa shape index (κ1) is 15.3. The average Bonchev–Trinajstić information content (AvgIpc) is 3.08. The number of fused-ring (bicyclic) bond motifs is 2. The Labute approximate surface area is 137 Å². The summed E-state index contributed by atoms with van der Waals surface area (Å²) in [6.07, 6.45) is 6.14. The van der Waals surface area contributed by atoms with Crippen LogP contribution >= 0.6 is 15.9 Å². The van der Waals surface area contributed by atoms with Crippen molar-refractivity contribution in [1.29, 1.82) is 0 Å². The van der Waals surface area contributed by atoms with Crippen molar-refractivity contribution in [3.63, 3.8) is 0 Å². The van der Waals surface area contributed by atoms with Crippen LogP contribution in [0.2, 0.25) is 0 Å². The summed E-state index contributed by atoms with van der Waals surface area (Å²) in [7, 11) is 0. The van der Waals surface area contributed by atoms with Crippen molar-refractivity contribution in [1.82, 2.24) is 5.32 Å². The van der Waals surface area contributed by atoms with Gasteiger partial charge >= 0.3 is 5.97 Å². The van der Waals surface area contributed by atoms with E-state index in [1.165, 1.54) is 0 Å². The van der Waals surface area contributed by atoms with Gasteiger partial charge in [-0.1, -0.05) is 40.2 Å². The molecule has 2 aliphatic carbocycles. The average molecular weight is 364 g/mol. The fourth-order valence-electron chi connectivity index (χ4n) is 3.51. The molecule has 1 aromatic rings. The summed E-state index contributed by atoms with van der Waals surface area (Å²) in [6, 6.07) is 6.93. The molecule has 3 rings (SSSR count). The second-order valence-electron chi connectivity index (χ2n) is 6.10. The van der Waals surface area contributed by atoms with Gasteiger partial charge in [-0.3, -0.25) is 9.59 Å². The molecule has 1 amide bonds. The molecule has 0 aromatic heterocycles. The quantitative estimate of drug-likeness (QED) is 0.788. The lowest BCUT2D eigenvalue weighted by atomic mass is 9.92. The lowest BCUT2D eigenvalue weighted by Gasteiger charge is -2.23. The molecule has 4 unspecified atom stereocenters. The number of carboxylic acid groups (broad SMARTS) is 1. The number of allylic oxidation sites excluding steroid dienone is 2. The van der Waals surface area contributed by atoms with Gasteiger partial charge in [0.1, 0.15) is 0 Å². The first-order valence-electron chi connectivity index (χ1n) is 7.49. The molecular formula is C17H18BrNO3. The minimum absolute atomic E-state index is 0.0153. The lowest BCUT2D eigenvalue weighted by Crippen LogP contribution is -2.36. The highest BCUT2D eigenvalue weighted by Gasteiger charge is 2.40. The van der Waals surface area contributed by atoms with Crippen molar-refractivity contribution in [2.45, 2.75) is 25.3 Å². The summed E-state index contributed by atoms with van der Waals surface area (Å²) in [6.45, 7) is 0. The van der Waals surface area contributed by atoms with Gasteiger partial charge in [0.15, 0.2) is 0 Å². The molecule has 5 heteroatoms. The maximum absolute atomic E-state index is 12.5. The molecule has 0 aliphatic heterocycles. The second-order valence-corrected chi connectivity index (χ2v) is 7.02. The number of benzene rings is 1. The molecule has 116 valence electrons. The maximum atomic E-state index is 12.5. The lowest BCUT2D eigenvalue weighted by molar-refractivity contribution is -0.138. The predicted octanol–water partition coefficient (Wildman–Crippen LogP) is 3.29. The zero-order valence-electron chi connectivity index (χ0n) is 12.0. The van der Waals surface area contributed by atoms with Crippen LogP contribution in [0.3, 0.4) is 0 Å². The highest BCUT2D eigenvalue weighted by atomic mass is 79.9. The normalized spacial score (nSPS) is 26.9. The van der Waals surface area contributed by atoms with Crippen molar-refractivity contribution >= 4 is 27.8 Å². The van der Waals surface area contributed by atoms with Gasteiger partial charge in [0.25, 0.3) is 0 Å². The number of aliphatic carboxylic acids is 1. The Hall–Kier alpha value is -1.62. The first-order valence-corrected chi connectivity index (χ1v) is 8.28. The first-order chi connectivity index (χ1) is 10.5. The standard InChI is InChI=1S/C17H18BrNO3/c18-13-3-1-2-12(8-13)15(9-16(20)21)19-17(22)14-7-10-4-5-11(14)6-10/h1-5,8,10-11,14-15H,6-7,9H2,(H,19,22)(H,20,21). The van der Waals surface area contributed by atoms with Crippen LogP contribution in [0.15, 0.2) is 40.9 Å². The van der Waals surface area contributed by atoms with Crippen molar-refractivity contribution in [2.75, 3.05) is 0 Å². The van der Waals surface area contributed by atoms with Crippen LogP contribution in [-0.4, -0.2) is 17.0 Å². The van der Waals surface area contributed by atoms with Crippen molar-refractivity contribution < 1.29 is 14.7 Å². The highest BCUT2D eigenvalue weighted by molar-refractivity contribution is 9.10. The largest absolute Gasteiger partial charge is 0.481 e. The molecule has 0 heterocycles. The Kier molecular flexibility index (Phi) is 4.34. The Bertz CT molecular complexity index is 628. The van der Waals surface area contributed by atoms with E-state index in [1.807, 2.05) is 24.3 Å². The summed E-state index contributed by atoms with van der Waals surface area (Å²) in [5.74, 6) is -0.123. The van der Waals surface area contributed by atoms with E-state index in [4.69, 9.17) is 5.11 Å². The minimum Gasteiger partial charge on any atom is -0.481 e. The SMILES string of the molecule is O=C(O)CC(NC(=O)C1CC2C=CC1C2)c1cccc(Br)c1. The molecule has 4 nitrogen and oxygen atoms in total. The molecule has 0 spiro atoms. The van der Waals surface area contributed by atoms with Crippen LogP contribution in [-0.2, 0) is 9.59 Å². The van der Waals surface area contributed by atoms with Crippen LogP contribution in [0, 0.1) is 17.8 Å². The zero-order chi connectivity index (χ0) is 15.7. The molecule has 1 aromatic carbocycles. The Morgan fingerprint density at radius 2 is 2.14 bits per heavy atom. The van der Waals surface area contributed by atoms with E-state index < -0.39 is 12.0 Å². The number of carbonyl (C=O) groups is 2. The van der Waals surface area contributed by atoms with Gasteiger partial charge in [-0.15, -0.1) is 0 Å². The number of hydrogen-bond donors (Lipinski definition) is 2. The monoisotopic (exact) mass is 363 g/mol. The van der Waals surface area contributed by atoms with Gasteiger partial charge in [-0.05, 0) is 42.4 Å². The van der Waals surface area contributed by atoms with E-state index in [2.05, 4.69) is 33.4 Å². The van der Waals surface area contributed by atoms with Gasteiger partial charge in [0, 0.05) is 10.4 Å². The van der Waals surface area contributed by atoms with Gasteiger partial charge in [0.2, 0.25) is 5.91 Å². The molecule has 22 heavy (non-hydrogen) atoms. The van der Waals surface area contributed by atoms with Crippen LogP contribution in [0.1, 0.15) is 30.9 Å². The predicted molar refractivity (Wildman–Crippen MR) is 86.1 cm³/mol. The highest BCUT2D eigenvalue weighted by Crippen LogP contribution is 2.43. The molecule has 4 atom stereocenters. The fraction of sp³-hybridized carbons (Fsp3) is 0.412. The van der Waals surface area contributed by atoms with E-state index in [0.29, 0.717) is 11.8 Å². The molecule has 1 fully saturated rings. The summed E-state index contributed by atoms with van der Waals surface area (Å²) in [4.78, 5) is 23.7. The van der Waals surface area contributed by atoms with Crippen LogP contribution in [0.5, 0.6) is 0 Å². The van der Waals surface area contributed by atoms with E-state index in [-0.39, 0.29) is 18.2 Å². The topological polar surface area (TPSA) is 66.4 Å². The summed E-state index contributed by atoms with van der Waals surface area (Å²) >= 11 is 3.39. The number of nitrogens with one attached hydrogen (secondary N) is 1. The van der Waals surface area contributed by atoms with E-state index in [1.54, 1.807) is 0 Å². The number of hydrogen-bond acceptors (Lipinski definition) is 2. The third kappa shape index (κ3) is 3.24. The molecule has 1 saturated carbocycles. The number of carbonyl (C=O) groups excluding carboxylic acids is 1. The number of amides is 1. The summed E-state index contributed by atoms with van der Waals surface area (Å²) in [5, 5.41) is 12.1. The third-order valence-corrected chi connectivity index (χ3v) is 5.06.